The molecule has 0 saturated heterocycles. The summed E-state index contributed by atoms with van der Waals surface area (Å²) in [5, 5.41) is 14.1. The monoisotopic (exact) mass is 344 g/mol. The van der Waals surface area contributed by atoms with Gasteiger partial charge in [-0.1, -0.05) is 18.2 Å². The standard InChI is InChI=1S/C16H15N3O4S/c20-15(21)11-2-4-12(5-3-11)18-19-16(24)17-8-10-1-6-13-14(7-10)23-9-22-13/h1-7,18H,8-9H2,(H,20,21)(H2,17,19,24)/p-1. The zero-order chi connectivity index (χ0) is 16.9. The van der Waals surface area contributed by atoms with E-state index in [0.717, 1.165) is 17.1 Å². The van der Waals surface area contributed by atoms with Gasteiger partial charge >= 0.3 is 0 Å². The number of thiocarbonyl (C=S) groups is 1. The number of carbonyl (C=O) groups is 1. The number of fused-ring (bicyclic) bond motifs is 1. The van der Waals surface area contributed by atoms with E-state index in [1.807, 2.05) is 18.2 Å². The lowest BCUT2D eigenvalue weighted by Gasteiger charge is -2.13. The minimum absolute atomic E-state index is 0.115. The molecular formula is C16H14N3O4S-. The summed E-state index contributed by atoms with van der Waals surface area (Å²) in [7, 11) is 0. The fraction of sp³-hybridized carbons (Fsp3) is 0.125. The van der Waals surface area contributed by atoms with Crippen LogP contribution in [0.2, 0.25) is 0 Å². The maximum absolute atomic E-state index is 10.7. The molecule has 0 spiro atoms. The molecule has 1 aliphatic heterocycles. The van der Waals surface area contributed by atoms with Gasteiger partial charge in [-0.3, -0.25) is 10.9 Å². The Kier molecular flexibility index (Phi) is 4.66. The van der Waals surface area contributed by atoms with E-state index in [-0.39, 0.29) is 12.4 Å². The van der Waals surface area contributed by atoms with E-state index in [0.29, 0.717) is 17.3 Å². The fourth-order valence-electron chi connectivity index (χ4n) is 2.10. The van der Waals surface area contributed by atoms with E-state index in [1.165, 1.54) is 12.1 Å². The number of hydrazine groups is 1. The van der Waals surface area contributed by atoms with Crippen molar-refractivity contribution in [2.24, 2.45) is 0 Å². The first kappa shape index (κ1) is 15.9. The molecule has 0 aromatic heterocycles. The van der Waals surface area contributed by atoms with E-state index in [4.69, 9.17) is 21.7 Å². The molecule has 0 unspecified atom stereocenters. The van der Waals surface area contributed by atoms with Crippen molar-refractivity contribution in [3.63, 3.8) is 0 Å². The molecule has 0 aliphatic carbocycles. The normalized spacial score (nSPS) is 11.7. The highest BCUT2D eigenvalue weighted by Crippen LogP contribution is 2.32. The minimum Gasteiger partial charge on any atom is -0.545 e. The first-order valence-electron chi connectivity index (χ1n) is 7.11. The van der Waals surface area contributed by atoms with Gasteiger partial charge in [-0.25, -0.2) is 0 Å². The van der Waals surface area contributed by atoms with Crippen molar-refractivity contribution in [3.05, 3.63) is 53.6 Å². The third kappa shape index (κ3) is 3.85. The zero-order valence-corrected chi connectivity index (χ0v) is 13.3. The second-order valence-electron chi connectivity index (χ2n) is 4.99. The van der Waals surface area contributed by atoms with Gasteiger partial charge in [0.2, 0.25) is 6.79 Å². The summed E-state index contributed by atoms with van der Waals surface area (Å²) in [5.41, 5.74) is 7.49. The van der Waals surface area contributed by atoms with Crippen LogP contribution in [-0.4, -0.2) is 17.9 Å². The van der Waals surface area contributed by atoms with Crippen LogP contribution in [0.15, 0.2) is 42.5 Å². The summed E-state index contributed by atoms with van der Waals surface area (Å²) >= 11 is 5.17. The lowest BCUT2D eigenvalue weighted by molar-refractivity contribution is -0.255. The van der Waals surface area contributed by atoms with E-state index >= 15 is 0 Å². The number of carboxylic acid groups (broad SMARTS) is 1. The molecule has 24 heavy (non-hydrogen) atoms. The zero-order valence-electron chi connectivity index (χ0n) is 12.5. The van der Waals surface area contributed by atoms with Gasteiger partial charge in [0.1, 0.15) is 0 Å². The van der Waals surface area contributed by atoms with Gasteiger partial charge in [-0.2, -0.15) is 0 Å². The Morgan fingerprint density at radius 3 is 2.62 bits per heavy atom. The molecule has 0 saturated carbocycles. The molecule has 0 bridgehead atoms. The van der Waals surface area contributed by atoms with Crippen LogP contribution >= 0.6 is 12.2 Å². The van der Waals surface area contributed by atoms with Gasteiger partial charge < -0.3 is 24.7 Å². The predicted octanol–water partition coefficient (Wildman–Crippen LogP) is 0.770. The maximum Gasteiger partial charge on any atom is 0.231 e. The van der Waals surface area contributed by atoms with Crippen molar-refractivity contribution >= 4 is 29.0 Å². The molecule has 7 nitrogen and oxygen atoms in total. The Bertz CT molecular complexity index is 764. The molecule has 0 radical (unpaired) electrons. The van der Waals surface area contributed by atoms with Crippen LogP contribution in [0, 0.1) is 0 Å². The SMILES string of the molecule is O=C([O-])c1ccc(NNC(=S)NCc2ccc3c(c2)OCO3)cc1. The maximum atomic E-state index is 10.7. The number of benzene rings is 2. The van der Waals surface area contributed by atoms with Crippen LogP contribution in [0.25, 0.3) is 0 Å². The van der Waals surface area contributed by atoms with Gasteiger partial charge in [0.15, 0.2) is 16.6 Å². The molecule has 2 aromatic carbocycles. The lowest BCUT2D eigenvalue weighted by atomic mass is 10.2. The molecule has 3 N–H and O–H groups in total. The minimum atomic E-state index is -1.21. The van der Waals surface area contributed by atoms with Crippen LogP contribution in [0.5, 0.6) is 11.5 Å². The highest BCUT2D eigenvalue weighted by atomic mass is 32.1. The summed E-state index contributed by atoms with van der Waals surface area (Å²) in [6, 6.07) is 11.8. The van der Waals surface area contributed by atoms with Gasteiger partial charge in [-0.05, 0) is 47.6 Å². The number of aromatic carboxylic acids is 1. The summed E-state index contributed by atoms with van der Waals surface area (Å²) in [6.07, 6.45) is 0. The van der Waals surface area contributed by atoms with Crippen molar-refractivity contribution in [1.82, 2.24) is 10.7 Å². The Morgan fingerprint density at radius 2 is 1.88 bits per heavy atom. The fourth-order valence-corrected chi connectivity index (χ4v) is 2.22. The van der Waals surface area contributed by atoms with Crippen molar-refractivity contribution in [2.45, 2.75) is 6.54 Å². The number of anilines is 1. The quantitative estimate of drug-likeness (QED) is 0.541. The molecule has 2 aromatic rings. The first-order valence-corrected chi connectivity index (χ1v) is 7.52. The molecule has 8 heteroatoms. The average Bonchev–Trinajstić information content (AvgIpc) is 3.06. The first-order chi connectivity index (χ1) is 11.6. The molecule has 0 fully saturated rings. The molecule has 124 valence electrons. The smallest absolute Gasteiger partial charge is 0.231 e. The van der Waals surface area contributed by atoms with Crippen molar-refractivity contribution < 1.29 is 19.4 Å². The summed E-state index contributed by atoms with van der Waals surface area (Å²) < 4.78 is 10.6. The van der Waals surface area contributed by atoms with Gasteiger partial charge in [0.25, 0.3) is 0 Å². The van der Waals surface area contributed by atoms with Crippen molar-refractivity contribution in [2.75, 3.05) is 12.2 Å². The second-order valence-corrected chi connectivity index (χ2v) is 5.39. The van der Waals surface area contributed by atoms with Crippen molar-refractivity contribution in [1.29, 1.82) is 0 Å². The second kappa shape index (κ2) is 7.05. The Labute approximate surface area is 143 Å². The third-order valence-corrected chi connectivity index (χ3v) is 3.58. The van der Waals surface area contributed by atoms with Crippen LogP contribution in [0.3, 0.4) is 0 Å². The molecule has 3 rings (SSSR count). The molecule has 1 aliphatic rings. The summed E-state index contributed by atoms with van der Waals surface area (Å²) in [6.45, 7) is 0.764. The van der Waals surface area contributed by atoms with Crippen LogP contribution in [-0.2, 0) is 6.54 Å². The number of nitrogens with one attached hydrogen (secondary N) is 3. The third-order valence-electron chi connectivity index (χ3n) is 3.33. The molecule has 0 amide bonds. The molecular weight excluding hydrogens is 330 g/mol. The van der Waals surface area contributed by atoms with E-state index < -0.39 is 5.97 Å². The molecule has 0 atom stereocenters. The average molecular weight is 344 g/mol. The van der Waals surface area contributed by atoms with Crippen LogP contribution < -0.4 is 30.7 Å². The number of rotatable bonds is 5. The Hall–Kier alpha value is -3.00. The van der Waals surface area contributed by atoms with E-state index in [9.17, 15) is 9.90 Å². The van der Waals surface area contributed by atoms with Gasteiger partial charge in [0, 0.05) is 6.54 Å². The number of hydrogen-bond acceptors (Lipinski definition) is 6. The number of ether oxygens (including phenoxy) is 2. The van der Waals surface area contributed by atoms with Gasteiger partial charge in [-0.15, -0.1) is 0 Å². The van der Waals surface area contributed by atoms with Crippen LogP contribution in [0.1, 0.15) is 15.9 Å². The summed E-state index contributed by atoms with van der Waals surface area (Å²) in [4.78, 5) is 10.7. The lowest BCUT2D eigenvalue weighted by Crippen LogP contribution is -2.38. The Balaban J connectivity index is 1.46. The largest absolute Gasteiger partial charge is 0.545 e. The van der Waals surface area contributed by atoms with Crippen molar-refractivity contribution in [3.8, 4) is 11.5 Å². The van der Waals surface area contributed by atoms with Crippen LogP contribution in [0.4, 0.5) is 5.69 Å². The topological polar surface area (TPSA) is 94.7 Å². The molecule has 1 heterocycles. The van der Waals surface area contributed by atoms with E-state index in [1.54, 1.807) is 12.1 Å². The number of carboxylic acids is 1. The van der Waals surface area contributed by atoms with E-state index in [2.05, 4.69) is 16.2 Å². The van der Waals surface area contributed by atoms with Gasteiger partial charge in [0.05, 0.1) is 11.7 Å². The summed E-state index contributed by atoms with van der Waals surface area (Å²) in [5.74, 6) is 0.246. The number of carbonyl (C=O) groups excluding carboxylic acids is 1. The predicted molar refractivity (Wildman–Crippen MR) is 89.5 cm³/mol. The highest BCUT2D eigenvalue weighted by molar-refractivity contribution is 7.80. The number of hydrogen-bond donors (Lipinski definition) is 3. The Morgan fingerprint density at radius 1 is 1.12 bits per heavy atom. The highest BCUT2D eigenvalue weighted by Gasteiger charge is 2.12.